The van der Waals surface area contributed by atoms with Gasteiger partial charge in [-0.15, -0.1) is 0 Å². The molecule has 2 aromatic heterocycles. The van der Waals surface area contributed by atoms with Crippen LogP contribution in [0.15, 0.2) is 84.9 Å². The molecule has 0 saturated carbocycles. The van der Waals surface area contributed by atoms with E-state index in [4.69, 9.17) is 9.41 Å². The molecule has 6 rings (SSSR count). The van der Waals surface area contributed by atoms with Crippen LogP contribution in [0.4, 0.5) is 0 Å². The highest BCUT2D eigenvalue weighted by atomic mass is 79.9. The largest absolute Gasteiger partial charge is 0.462 e. The van der Waals surface area contributed by atoms with Crippen molar-refractivity contribution in [2.45, 2.75) is 25.8 Å². The maximum atomic E-state index is 13.6. The molecular formula is C26H19BrN2O2S. The molecule has 0 N–H and O–H groups in total. The third-order valence-corrected chi connectivity index (χ3v) is 7.60. The van der Waals surface area contributed by atoms with Gasteiger partial charge in [-0.2, -0.15) is 0 Å². The van der Waals surface area contributed by atoms with E-state index in [9.17, 15) is 4.79 Å². The zero-order valence-electron chi connectivity index (χ0n) is 17.3. The van der Waals surface area contributed by atoms with Gasteiger partial charge in [-0.3, -0.25) is 9.36 Å². The lowest BCUT2D eigenvalue weighted by Crippen LogP contribution is -2.38. The molecule has 0 radical (unpaired) electrons. The number of halogens is 1. The van der Waals surface area contributed by atoms with Crippen molar-refractivity contribution in [3.63, 3.8) is 0 Å². The van der Waals surface area contributed by atoms with Gasteiger partial charge in [-0.05, 0) is 60.7 Å². The Balaban J connectivity index is 1.64. The van der Waals surface area contributed by atoms with Gasteiger partial charge in [0.2, 0.25) is 0 Å². The quantitative estimate of drug-likeness (QED) is 0.387. The normalized spacial score (nSPS) is 17.6. The molecule has 1 atom stereocenters. The smallest absolute Gasteiger partial charge is 0.271 e. The number of hydrogen-bond donors (Lipinski definition) is 0. The number of allylic oxidation sites excluding steroid dienone is 1. The van der Waals surface area contributed by atoms with E-state index in [-0.39, 0.29) is 11.6 Å². The molecule has 4 aromatic rings. The molecule has 3 heterocycles. The summed E-state index contributed by atoms with van der Waals surface area (Å²) in [6.07, 6.45) is 3.66. The first-order valence-corrected chi connectivity index (χ1v) is 12.1. The van der Waals surface area contributed by atoms with Crippen LogP contribution < -0.4 is 14.9 Å². The number of furan rings is 1. The molecule has 2 aromatic carbocycles. The van der Waals surface area contributed by atoms with Crippen LogP contribution in [0.3, 0.4) is 0 Å². The molecule has 0 unspecified atom stereocenters. The highest BCUT2D eigenvalue weighted by Crippen LogP contribution is 2.41. The van der Waals surface area contributed by atoms with E-state index in [0.29, 0.717) is 10.3 Å². The Labute approximate surface area is 197 Å². The van der Waals surface area contributed by atoms with Crippen LogP contribution in [-0.2, 0) is 6.42 Å². The predicted octanol–water partition coefficient (Wildman–Crippen LogP) is 4.98. The van der Waals surface area contributed by atoms with E-state index >= 15 is 0 Å². The minimum Gasteiger partial charge on any atom is -0.462 e. The summed E-state index contributed by atoms with van der Waals surface area (Å²) in [6, 6.07) is 20.4. The van der Waals surface area contributed by atoms with E-state index in [0.717, 1.165) is 39.1 Å². The van der Waals surface area contributed by atoms with Crippen molar-refractivity contribution < 1.29 is 4.42 Å². The van der Waals surface area contributed by atoms with Gasteiger partial charge in [-0.25, -0.2) is 4.99 Å². The molecule has 0 fully saturated rings. The Morgan fingerprint density at radius 2 is 1.91 bits per heavy atom. The number of rotatable bonds is 2. The van der Waals surface area contributed by atoms with E-state index < -0.39 is 0 Å². The zero-order chi connectivity index (χ0) is 21.8. The number of aryl methyl sites for hydroxylation is 2. The Bertz CT molecular complexity index is 1570. The third-order valence-electron chi connectivity index (χ3n) is 6.09. The summed E-state index contributed by atoms with van der Waals surface area (Å²) in [6.45, 7) is 1.90. The van der Waals surface area contributed by atoms with Gasteiger partial charge in [0.1, 0.15) is 11.5 Å². The second kappa shape index (κ2) is 7.57. The number of fused-ring (bicyclic) bond motifs is 3. The first-order chi connectivity index (χ1) is 15.6. The standard InChI is InChI=1S/C26H19BrN2O2S/c1-15-6-12-19(31-15)14-22-25(30)29-24(17-7-10-18(27)11-8-17)21-13-9-16-4-2-3-5-20(16)23(21)28-26(29)32-22/h2-8,10-12,14,24H,9,13H2,1H3/b22-14-/t24-/m1/s1. The molecule has 0 bridgehead atoms. The second-order valence-electron chi connectivity index (χ2n) is 8.11. The number of thiazole rings is 1. The van der Waals surface area contributed by atoms with Crippen molar-refractivity contribution in [1.29, 1.82) is 0 Å². The summed E-state index contributed by atoms with van der Waals surface area (Å²) >= 11 is 4.96. The van der Waals surface area contributed by atoms with E-state index in [2.05, 4.69) is 52.3 Å². The number of aromatic nitrogens is 1. The molecule has 158 valence electrons. The monoisotopic (exact) mass is 502 g/mol. The Kier molecular flexibility index (Phi) is 4.66. The molecule has 2 aliphatic rings. The summed E-state index contributed by atoms with van der Waals surface area (Å²) in [5, 5.41) is 0. The highest BCUT2D eigenvalue weighted by molar-refractivity contribution is 9.10. The molecule has 1 aliphatic heterocycles. The number of benzene rings is 2. The van der Waals surface area contributed by atoms with Crippen LogP contribution in [0, 0.1) is 6.92 Å². The third kappa shape index (κ3) is 3.17. The lowest BCUT2D eigenvalue weighted by atomic mass is 9.83. The van der Waals surface area contributed by atoms with Crippen molar-refractivity contribution in [2.75, 3.05) is 0 Å². The summed E-state index contributed by atoms with van der Waals surface area (Å²) in [5.74, 6) is 1.51. The minimum absolute atomic E-state index is 0.0267. The van der Waals surface area contributed by atoms with Crippen LogP contribution in [-0.4, -0.2) is 4.57 Å². The Morgan fingerprint density at radius 1 is 1.09 bits per heavy atom. The maximum Gasteiger partial charge on any atom is 0.271 e. The van der Waals surface area contributed by atoms with Gasteiger partial charge in [0.05, 0.1) is 16.3 Å². The summed E-state index contributed by atoms with van der Waals surface area (Å²) < 4.78 is 9.21. The van der Waals surface area contributed by atoms with Gasteiger partial charge in [0.25, 0.3) is 5.56 Å². The Morgan fingerprint density at radius 3 is 2.69 bits per heavy atom. The average molecular weight is 503 g/mol. The van der Waals surface area contributed by atoms with Gasteiger partial charge in [0, 0.05) is 16.1 Å². The lowest BCUT2D eigenvalue weighted by molar-refractivity contribution is 0.524. The van der Waals surface area contributed by atoms with Gasteiger partial charge in [0.15, 0.2) is 4.80 Å². The summed E-state index contributed by atoms with van der Waals surface area (Å²) in [7, 11) is 0. The first-order valence-electron chi connectivity index (χ1n) is 10.5. The summed E-state index contributed by atoms with van der Waals surface area (Å²) in [5.41, 5.74) is 5.78. The molecule has 0 amide bonds. The molecular weight excluding hydrogens is 484 g/mol. The van der Waals surface area contributed by atoms with Crippen molar-refractivity contribution in [1.82, 2.24) is 4.57 Å². The number of hydrogen-bond acceptors (Lipinski definition) is 4. The molecule has 0 spiro atoms. The minimum atomic E-state index is -0.164. The zero-order valence-corrected chi connectivity index (χ0v) is 19.7. The number of nitrogens with zero attached hydrogens (tertiary/aromatic N) is 2. The van der Waals surface area contributed by atoms with Crippen LogP contribution in [0.1, 0.15) is 40.7 Å². The van der Waals surface area contributed by atoms with Crippen LogP contribution in [0.25, 0.3) is 11.8 Å². The molecule has 1 aliphatic carbocycles. The fourth-order valence-electron chi connectivity index (χ4n) is 4.63. The average Bonchev–Trinajstić information content (AvgIpc) is 3.35. The maximum absolute atomic E-state index is 13.6. The van der Waals surface area contributed by atoms with Gasteiger partial charge < -0.3 is 4.42 Å². The highest BCUT2D eigenvalue weighted by Gasteiger charge is 2.32. The molecule has 4 nitrogen and oxygen atoms in total. The van der Waals surface area contributed by atoms with E-state index in [1.54, 1.807) is 0 Å². The summed E-state index contributed by atoms with van der Waals surface area (Å²) in [4.78, 5) is 19.4. The SMILES string of the molecule is Cc1ccc(/C=c2\sc3n(c2=O)[C@H](c2ccc(Br)cc2)C2=C(N=3)c3ccccc3CC2)o1. The van der Waals surface area contributed by atoms with Crippen molar-refractivity contribution in [2.24, 2.45) is 4.99 Å². The van der Waals surface area contributed by atoms with Crippen molar-refractivity contribution in [3.05, 3.63) is 119 Å². The fourth-order valence-corrected chi connectivity index (χ4v) is 5.87. The van der Waals surface area contributed by atoms with Crippen molar-refractivity contribution in [3.8, 4) is 0 Å². The fraction of sp³-hybridized carbons (Fsp3) is 0.154. The van der Waals surface area contributed by atoms with Crippen LogP contribution in [0.2, 0.25) is 0 Å². The van der Waals surface area contributed by atoms with Crippen molar-refractivity contribution >= 4 is 39.0 Å². The van der Waals surface area contributed by atoms with E-state index in [1.165, 1.54) is 28.0 Å². The topological polar surface area (TPSA) is 47.5 Å². The molecule has 32 heavy (non-hydrogen) atoms. The second-order valence-corrected chi connectivity index (χ2v) is 10.0. The van der Waals surface area contributed by atoms with Crippen LogP contribution in [0.5, 0.6) is 0 Å². The van der Waals surface area contributed by atoms with Gasteiger partial charge in [-0.1, -0.05) is 63.7 Å². The molecule has 0 saturated heterocycles. The molecule has 6 heteroatoms. The van der Waals surface area contributed by atoms with Crippen LogP contribution >= 0.6 is 27.3 Å². The Hall–Kier alpha value is -2.96. The predicted molar refractivity (Wildman–Crippen MR) is 130 cm³/mol. The first kappa shape index (κ1) is 19.7. The van der Waals surface area contributed by atoms with Gasteiger partial charge >= 0.3 is 0 Å². The lowest BCUT2D eigenvalue weighted by Gasteiger charge is -2.30. The van der Waals surface area contributed by atoms with E-state index in [1.807, 2.05) is 41.8 Å².